The van der Waals surface area contributed by atoms with Crippen molar-refractivity contribution in [3.8, 4) is 0 Å². The summed E-state index contributed by atoms with van der Waals surface area (Å²) in [6.07, 6.45) is 7.49. The number of quaternary nitrogens is 1. The standard InChI is InChI=1S/C18H36N2O2.BrH/c1-5-6-7-8-9-11-18(22)19-12-10-13-20(4,14-15-21)16-17(2)3;/h21H,2,5-16H2,1,3-4H3;1H. The summed E-state index contributed by atoms with van der Waals surface area (Å²) in [4.78, 5) is 11.7. The highest BCUT2D eigenvalue weighted by atomic mass is 79.9. The molecule has 0 radical (unpaired) electrons. The number of nitrogens with zero attached hydrogens (tertiary/aromatic N) is 1. The fourth-order valence-electron chi connectivity index (χ4n) is 2.83. The molecule has 4 nitrogen and oxygen atoms in total. The van der Waals surface area contributed by atoms with Crippen LogP contribution in [-0.4, -0.2) is 55.3 Å². The molecule has 0 aromatic rings. The van der Waals surface area contributed by atoms with Crippen LogP contribution in [0.4, 0.5) is 0 Å². The molecule has 0 rings (SSSR count). The number of rotatable bonds is 14. The third-order valence-corrected chi connectivity index (χ3v) is 4.00. The summed E-state index contributed by atoms with van der Waals surface area (Å²) < 4.78 is 0.790. The van der Waals surface area contributed by atoms with Crippen LogP contribution >= 0.6 is 0 Å². The molecular formula is C18H37BrN2O2. The van der Waals surface area contributed by atoms with Gasteiger partial charge >= 0.3 is 0 Å². The first-order valence-corrected chi connectivity index (χ1v) is 8.79. The SMILES string of the molecule is C=C(C)C[N+](C)(CCO)CCCNC(=O)CCCCCCC.[Br-]. The first kappa shape index (κ1) is 24.9. The van der Waals surface area contributed by atoms with Gasteiger partial charge in [-0.15, -0.1) is 0 Å². The van der Waals surface area contributed by atoms with Gasteiger partial charge in [0.2, 0.25) is 5.91 Å². The van der Waals surface area contributed by atoms with E-state index in [4.69, 9.17) is 0 Å². The highest BCUT2D eigenvalue weighted by Crippen LogP contribution is 2.08. The largest absolute Gasteiger partial charge is 1.00 e. The van der Waals surface area contributed by atoms with Gasteiger partial charge in [0.05, 0.1) is 26.7 Å². The maximum absolute atomic E-state index is 11.7. The van der Waals surface area contributed by atoms with Crippen LogP contribution in [0.25, 0.3) is 0 Å². The normalized spacial score (nSPS) is 13.0. The molecule has 0 saturated heterocycles. The molecule has 5 heteroatoms. The van der Waals surface area contributed by atoms with E-state index in [2.05, 4.69) is 25.9 Å². The number of likely N-dealkylation sites (N-methyl/N-ethyl adjacent to an activating group) is 1. The Kier molecular flexibility index (Phi) is 16.4. The molecule has 0 spiro atoms. The van der Waals surface area contributed by atoms with E-state index in [9.17, 15) is 9.90 Å². The lowest BCUT2D eigenvalue weighted by molar-refractivity contribution is -0.905. The Hall–Kier alpha value is -0.390. The monoisotopic (exact) mass is 392 g/mol. The maximum Gasteiger partial charge on any atom is 0.219 e. The minimum absolute atomic E-state index is 0. The summed E-state index contributed by atoms with van der Waals surface area (Å²) in [5, 5.41) is 12.2. The average Bonchev–Trinajstić information content (AvgIpc) is 2.43. The number of aliphatic hydroxyl groups excluding tert-OH is 1. The number of aliphatic hydroxyl groups is 1. The number of carbonyl (C=O) groups excluding carboxylic acids is 1. The molecule has 0 aromatic carbocycles. The molecule has 0 aromatic heterocycles. The minimum atomic E-state index is 0. The van der Waals surface area contributed by atoms with Crippen molar-refractivity contribution in [1.29, 1.82) is 0 Å². The van der Waals surface area contributed by atoms with E-state index in [0.29, 0.717) is 6.42 Å². The van der Waals surface area contributed by atoms with E-state index in [-0.39, 0.29) is 29.5 Å². The number of hydrogen-bond donors (Lipinski definition) is 2. The first-order chi connectivity index (χ1) is 10.4. The summed E-state index contributed by atoms with van der Waals surface area (Å²) in [5.41, 5.74) is 1.13. The first-order valence-electron chi connectivity index (χ1n) is 8.79. The lowest BCUT2D eigenvalue weighted by Crippen LogP contribution is -3.00. The van der Waals surface area contributed by atoms with Gasteiger partial charge < -0.3 is 31.9 Å². The van der Waals surface area contributed by atoms with E-state index in [1.165, 1.54) is 19.3 Å². The molecule has 0 aliphatic heterocycles. The second-order valence-corrected chi connectivity index (χ2v) is 6.77. The molecule has 138 valence electrons. The third kappa shape index (κ3) is 14.9. The van der Waals surface area contributed by atoms with Crippen LogP contribution in [0.5, 0.6) is 0 Å². The van der Waals surface area contributed by atoms with Crippen molar-refractivity contribution in [3.63, 3.8) is 0 Å². The second kappa shape index (κ2) is 15.2. The van der Waals surface area contributed by atoms with Crippen molar-refractivity contribution in [3.05, 3.63) is 12.2 Å². The van der Waals surface area contributed by atoms with Crippen LogP contribution < -0.4 is 22.3 Å². The Morgan fingerprint density at radius 1 is 1.13 bits per heavy atom. The van der Waals surface area contributed by atoms with E-state index in [1.54, 1.807) is 0 Å². The smallest absolute Gasteiger partial charge is 0.219 e. The lowest BCUT2D eigenvalue weighted by atomic mass is 10.1. The molecule has 0 heterocycles. The number of unbranched alkanes of at least 4 members (excludes halogenated alkanes) is 4. The molecule has 0 saturated carbocycles. The van der Waals surface area contributed by atoms with Crippen LogP contribution in [0.3, 0.4) is 0 Å². The second-order valence-electron chi connectivity index (χ2n) is 6.77. The molecule has 23 heavy (non-hydrogen) atoms. The van der Waals surface area contributed by atoms with Crippen molar-refractivity contribution in [2.75, 3.05) is 39.8 Å². The predicted molar refractivity (Wildman–Crippen MR) is 93.7 cm³/mol. The summed E-state index contributed by atoms with van der Waals surface area (Å²) in [6, 6.07) is 0. The van der Waals surface area contributed by atoms with E-state index in [1.807, 2.05) is 6.92 Å². The summed E-state index contributed by atoms with van der Waals surface area (Å²) >= 11 is 0. The molecule has 2 N–H and O–H groups in total. The highest BCUT2D eigenvalue weighted by Gasteiger charge is 2.20. The summed E-state index contributed by atoms with van der Waals surface area (Å²) in [6.45, 7) is 11.7. The number of nitrogens with one attached hydrogen (secondary N) is 1. The van der Waals surface area contributed by atoms with Crippen molar-refractivity contribution >= 4 is 5.91 Å². The molecule has 0 aliphatic rings. The fraction of sp³-hybridized carbons (Fsp3) is 0.833. The van der Waals surface area contributed by atoms with Gasteiger partial charge in [-0.3, -0.25) is 4.79 Å². The summed E-state index contributed by atoms with van der Waals surface area (Å²) in [5.74, 6) is 0.174. The molecule has 0 bridgehead atoms. The number of carbonyl (C=O) groups is 1. The van der Waals surface area contributed by atoms with Gasteiger partial charge in [-0.1, -0.05) is 39.2 Å². The minimum Gasteiger partial charge on any atom is -1.00 e. The van der Waals surface area contributed by atoms with Crippen LogP contribution in [0.1, 0.15) is 58.8 Å². The van der Waals surface area contributed by atoms with E-state index < -0.39 is 0 Å². The Balaban J connectivity index is 0. The predicted octanol–water partition coefficient (Wildman–Crippen LogP) is -0.128. The van der Waals surface area contributed by atoms with Crippen LogP contribution in [0, 0.1) is 0 Å². The zero-order chi connectivity index (χ0) is 16.8. The van der Waals surface area contributed by atoms with Gasteiger partial charge in [0.15, 0.2) is 0 Å². The number of amides is 1. The third-order valence-electron chi connectivity index (χ3n) is 4.00. The van der Waals surface area contributed by atoms with Crippen molar-refractivity contribution in [2.24, 2.45) is 0 Å². The zero-order valence-corrected chi connectivity index (χ0v) is 17.0. The van der Waals surface area contributed by atoms with Crippen LogP contribution in [0.2, 0.25) is 0 Å². The van der Waals surface area contributed by atoms with E-state index >= 15 is 0 Å². The summed E-state index contributed by atoms with van der Waals surface area (Å²) in [7, 11) is 2.14. The van der Waals surface area contributed by atoms with E-state index in [0.717, 1.165) is 55.5 Å². The van der Waals surface area contributed by atoms with Gasteiger partial charge in [-0.2, -0.15) is 0 Å². The number of halogens is 1. The van der Waals surface area contributed by atoms with Crippen molar-refractivity contribution in [1.82, 2.24) is 5.32 Å². The zero-order valence-electron chi connectivity index (χ0n) is 15.4. The van der Waals surface area contributed by atoms with Gasteiger partial charge in [0.25, 0.3) is 0 Å². The topological polar surface area (TPSA) is 49.3 Å². The molecule has 1 amide bonds. The Morgan fingerprint density at radius 2 is 1.78 bits per heavy atom. The molecule has 0 aliphatic carbocycles. The van der Waals surface area contributed by atoms with Gasteiger partial charge in [0.1, 0.15) is 6.54 Å². The van der Waals surface area contributed by atoms with Crippen LogP contribution in [0.15, 0.2) is 12.2 Å². The quantitative estimate of drug-likeness (QED) is 0.246. The van der Waals surface area contributed by atoms with Crippen LogP contribution in [-0.2, 0) is 4.79 Å². The Bertz CT molecular complexity index is 324. The molecule has 1 atom stereocenters. The maximum atomic E-state index is 11.7. The van der Waals surface area contributed by atoms with Gasteiger partial charge in [-0.25, -0.2) is 0 Å². The average molecular weight is 393 g/mol. The van der Waals surface area contributed by atoms with Gasteiger partial charge in [-0.05, 0) is 18.9 Å². The molecular weight excluding hydrogens is 356 g/mol. The Morgan fingerprint density at radius 3 is 2.35 bits per heavy atom. The van der Waals surface area contributed by atoms with Crippen molar-refractivity contribution in [2.45, 2.75) is 58.8 Å². The fourth-order valence-corrected chi connectivity index (χ4v) is 2.83. The van der Waals surface area contributed by atoms with Gasteiger partial charge in [0, 0.05) is 19.4 Å². The highest BCUT2D eigenvalue weighted by molar-refractivity contribution is 5.75. The molecule has 1 unspecified atom stereocenters. The van der Waals surface area contributed by atoms with Crippen molar-refractivity contribution < 1.29 is 31.4 Å². The molecule has 0 fully saturated rings. The lowest BCUT2D eigenvalue weighted by Gasteiger charge is -2.34. The number of hydrogen-bond acceptors (Lipinski definition) is 2. The Labute approximate surface area is 153 Å².